The average Bonchev–Trinajstić information content (AvgIpc) is 2.67. The van der Waals surface area contributed by atoms with Crippen LogP contribution in [0.15, 0.2) is 55.1 Å². The standard InChI is InChI=1S/C19H21N5O2/c1-2-3-11-25-15-8-6-14(7-9-15)24-18-17(20)19(23-13-22-18)26-16-5-4-10-21-12-16/h4-10,12-13H,2-3,11,20H2,1H3,(H,22,23,24). The molecule has 0 unspecified atom stereocenters. The summed E-state index contributed by atoms with van der Waals surface area (Å²) in [6, 6.07) is 11.2. The van der Waals surface area contributed by atoms with E-state index >= 15 is 0 Å². The number of nitrogen functional groups attached to an aromatic ring is 1. The first-order valence-electron chi connectivity index (χ1n) is 8.44. The molecule has 3 aromatic rings. The lowest BCUT2D eigenvalue weighted by molar-refractivity contribution is 0.309. The first-order valence-corrected chi connectivity index (χ1v) is 8.44. The second kappa shape index (κ2) is 8.66. The van der Waals surface area contributed by atoms with Crippen molar-refractivity contribution < 1.29 is 9.47 Å². The van der Waals surface area contributed by atoms with Crippen molar-refractivity contribution in [3.05, 3.63) is 55.1 Å². The van der Waals surface area contributed by atoms with Crippen molar-refractivity contribution in [2.75, 3.05) is 17.7 Å². The Morgan fingerprint density at radius 3 is 2.65 bits per heavy atom. The number of benzene rings is 1. The molecule has 2 heterocycles. The Bertz CT molecular complexity index is 825. The Morgan fingerprint density at radius 1 is 1.08 bits per heavy atom. The molecule has 0 saturated heterocycles. The Balaban J connectivity index is 1.69. The number of aromatic nitrogens is 3. The van der Waals surface area contributed by atoms with Crippen molar-refractivity contribution >= 4 is 17.2 Å². The lowest BCUT2D eigenvalue weighted by atomic mass is 10.3. The molecule has 0 radical (unpaired) electrons. The van der Waals surface area contributed by atoms with E-state index < -0.39 is 0 Å². The van der Waals surface area contributed by atoms with Crippen LogP contribution in [0.5, 0.6) is 17.4 Å². The smallest absolute Gasteiger partial charge is 0.248 e. The SMILES string of the molecule is CCCCOc1ccc(Nc2ncnc(Oc3cccnc3)c2N)cc1. The second-order valence-corrected chi connectivity index (χ2v) is 5.58. The topological polar surface area (TPSA) is 95.2 Å². The quantitative estimate of drug-likeness (QED) is 0.588. The highest BCUT2D eigenvalue weighted by Crippen LogP contribution is 2.30. The Kier molecular flexibility index (Phi) is 5.82. The number of hydrogen-bond acceptors (Lipinski definition) is 7. The van der Waals surface area contributed by atoms with E-state index in [0.717, 1.165) is 30.9 Å². The average molecular weight is 351 g/mol. The molecule has 0 aliphatic heterocycles. The van der Waals surface area contributed by atoms with E-state index in [9.17, 15) is 0 Å². The van der Waals surface area contributed by atoms with Gasteiger partial charge in [-0.25, -0.2) is 4.98 Å². The molecule has 7 heteroatoms. The summed E-state index contributed by atoms with van der Waals surface area (Å²) in [5, 5.41) is 3.17. The van der Waals surface area contributed by atoms with Crippen molar-refractivity contribution in [2.45, 2.75) is 19.8 Å². The van der Waals surface area contributed by atoms with Gasteiger partial charge in [-0.05, 0) is 42.8 Å². The molecule has 2 aromatic heterocycles. The van der Waals surface area contributed by atoms with Gasteiger partial charge in [-0.1, -0.05) is 13.3 Å². The molecular weight excluding hydrogens is 330 g/mol. The Hall–Kier alpha value is -3.35. The van der Waals surface area contributed by atoms with Crippen LogP contribution >= 0.6 is 0 Å². The minimum atomic E-state index is 0.273. The third-order valence-corrected chi connectivity index (χ3v) is 3.58. The normalized spacial score (nSPS) is 10.3. The van der Waals surface area contributed by atoms with Crippen molar-refractivity contribution in [3.8, 4) is 17.4 Å². The summed E-state index contributed by atoms with van der Waals surface area (Å²) in [5.74, 6) is 2.13. The fourth-order valence-corrected chi connectivity index (χ4v) is 2.19. The van der Waals surface area contributed by atoms with Crippen molar-refractivity contribution in [3.63, 3.8) is 0 Å². The maximum Gasteiger partial charge on any atom is 0.248 e. The molecule has 134 valence electrons. The predicted molar refractivity (Wildman–Crippen MR) is 101 cm³/mol. The molecule has 0 aliphatic rings. The van der Waals surface area contributed by atoms with Gasteiger partial charge in [0.05, 0.1) is 12.8 Å². The maximum absolute atomic E-state index is 6.13. The van der Waals surface area contributed by atoms with Crippen LogP contribution in [-0.2, 0) is 0 Å². The summed E-state index contributed by atoms with van der Waals surface area (Å²) in [6.45, 7) is 2.85. The van der Waals surface area contributed by atoms with Gasteiger partial charge in [0.1, 0.15) is 23.5 Å². The van der Waals surface area contributed by atoms with Crippen molar-refractivity contribution in [2.24, 2.45) is 0 Å². The Labute approximate surface area is 152 Å². The minimum absolute atomic E-state index is 0.273. The van der Waals surface area contributed by atoms with Crippen LogP contribution in [0.4, 0.5) is 17.2 Å². The third kappa shape index (κ3) is 4.60. The minimum Gasteiger partial charge on any atom is -0.494 e. The van der Waals surface area contributed by atoms with Gasteiger partial charge in [0, 0.05) is 11.9 Å². The molecule has 26 heavy (non-hydrogen) atoms. The molecule has 0 fully saturated rings. The van der Waals surface area contributed by atoms with Gasteiger partial charge in [0.15, 0.2) is 5.82 Å². The highest BCUT2D eigenvalue weighted by atomic mass is 16.5. The van der Waals surface area contributed by atoms with Crippen LogP contribution in [0.2, 0.25) is 0 Å². The van der Waals surface area contributed by atoms with Crippen molar-refractivity contribution in [1.29, 1.82) is 0 Å². The van der Waals surface area contributed by atoms with E-state index in [1.807, 2.05) is 24.3 Å². The summed E-state index contributed by atoms with van der Waals surface area (Å²) < 4.78 is 11.3. The zero-order valence-corrected chi connectivity index (χ0v) is 14.6. The Morgan fingerprint density at radius 2 is 1.92 bits per heavy atom. The number of anilines is 3. The number of nitrogens with two attached hydrogens (primary N) is 1. The molecule has 0 amide bonds. The highest BCUT2D eigenvalue weighted by Gasteiger charge is 2.11. The first-order chi connectivity index (χ1) is 12.8. The fraction of sp³-hybridized carbons (Fsp3) is 0.211. The van der Waals surface area contributed by atoms with Gasteiger partial charge in [-0.15, -0.1) is 0 Å². The number of nitrogens with one attached hydrogen (secondary N) is 1. The molecule has 0 aliphatic carbocycles. The fourth-order valence-electron chi connectivity index (χ4n) is 2.19. The molecule has 0 saturated carbocycles. The summed E-state index contributed by atoms with van der Waals surface area (Å²) in [5.41, 5.74) is 7.29. The third-order valence-electron chi connectivity index (χ3n) is 3.58. The van der Waals surface area contributed by atoms with Gasteiger partial charge < -0.3 is 20.5 Å². The van der Waals surface area contributed by atoms with Crippen molar-refractivity contribution in [1.82, 2.24) is 15.0 Å². The van der Waals surface area contributed by atoms with Gasteiger partial charge >= 0.3 is 0 Å². The molecule has 3 rings (SSSR count). The number of unbranched alkanes of at least 4 members (excludes halogenated alkanes) is 1. The number of hydrogen-bond donors (Lipinski definition) is 2. The summed E-state index contributed by atoms with van der Waals surface area (Å²) in [4.78, 5) is 12.3. The van der Waals surface area contributed by atoms with E-state index in [0.29, 0.717) is 17.3 Å². The molecule has 1 aromatic carbocycles. The van der Waals surface area contributed by atoms with E-state index in [2.05, 4.69) is 27.2 Å². The highest BCUT2D eigenvalue weighted by molar-refractivity contribution is 5.72. The van der Waals surface area contributed by atoms with Crippen LogP contribution in [0.25, 0.3) is 0 Å². The summed E-state index contributed by atoms with van der Waals surface area (Å²) >= 11 is 0. The maximum atomic E-state index is 6.13. The molecule has 3 N–H and O–H groups in total. The summed E-state index contributed by atoms with van der Waals surface area (Å²) in [6.07, 6.45) is 6.80. The largest absolute Gasteiger partial charge is 0.494 e. The van der Waals surface area contributed by atoms with Crippen LogP contribution in [0.1, 0.15) is 19.8 Å². The van der Waals surface area contributed by atoms with Gasteiger partial charge in [-0.3, -0.25) is 4.98 Å². The van der Waals surface area contributed by atoms with Crippen LogP contribution in [0, 0.1) is 0 Å². The van der Waals surface area contributed by atoms with Crippen LogP contribution in [0.3, 0.4) is 0 Å². The predicted octanol–water partition coefficient (Wildman–Crippen LogP) is 4.17. The molecular formula is C19H21N5O2. The van der Waals surface area contributed by atoms with Gasteiger partial charge in [-0.2, -0.15) is 4.98 Å². The molecule has 0 bridgehead atoms. The summed E-state index contributed by atoms with van der Waals surface area (Å²) in [7, 11) is 0. The van der Waals surface area contributed by atoms with E-state index in [1.165, 1.54) is 6.33 Å². The lowest BCUT2D eigenvalue weighted by Gasteiger charge is -2.12. The zero-order chi connectivity index (χ0) is 18.2. The first kappa shape index (κ1) is 17.5. The van der Waals surface area contributed by atoms with E-state index in [1.54, 1.807) is 24.5 Å². The number of rotatable bonds is 8. The molecule has 0 spiro atoms. The van der Waals surface area contributed by atoms with Crippen LogP contribution in [-0.4, -0.2) is 21.6 Å². The molecule has 0 atom stereocenters. The van der Waals surface area contributed by atoms with E-state index in [-0.39, 0.29) is 5.88 Å². The zero-order valence-electron chi connectivity index (χ0n) is 14.6. The van der Waals surface area contributed by atoms with Gasteiger partial charge in [0.2, 0.25) is 5.88 Å². The van der Waals surface area contributed by atoms with Crippen LogP contribution < -0.4 is 20.5 Å². The monoisotopic (exact) mass is 351 g/mol. The van der Waals surface area contributed by atoms with Gasteiger partial charge in [0.25, 0.3) is 0 Å². The second-order valence-electron chi connectivity index (χ2n) is 5.58. The number of pyridine rings is 1. The van der Waals surface area contributed by atoms with E-state index in [4.69, 9.17) is 15.2 Å². The number of nitrogens with zero attached hydrogens (tertiary/aromatic N) is 3. The number of ether oxygens (including phenoxy) is 2. The lowest BCUT2D eigenvalue weighted by Crippen LogP contribution is -2.03. The molecule has 7 nitrogen and oxygen atoms in total.